The highest BCUT2D eigenvalue weighted by Crippen LogP contribution is 2.32. The number of halogens is 2. The van der Waals surface area contributed by atoms with E-state index in [2.05, 4.69) is 9.72 Å². The second-order valence-electron chi connectivity index (χ2n) is 5.00. The topological polar surface area (TPSA) is 82.3 Å². The van der Waals surface area contributed by atoms with E-state index >= 15 is 0 Å². The predicted molar refractivity (Wildman–Crippen MR) is 94.4 cm³/mol. The van der Waals surface area contributed by atoms with E-state index in [1.54, 1.807) is 6.07 Å². The van der Waals surface area contributed by atoms with Crippen LogP contribution >= 0.6 is 23.1 Å². The Morgan fingerprint density at radius 3 is 2.65 bits per heavy atom. The van der Waals surface area contributed by atoms with Crippen molar-refractivity contribution in [2.45, 2.75) is 11.0 Å². The van der Waals surface area contributed by atoms with Crippen molar-refractivity contribution < 1.29 is 23.2 Å². The van der Waals surface area contributed by atoms with Gasteiger partial charge in [0, 0.05) is 17.7 Å². The summed E-state index contributed by atoms with van der Waals surface area (Å²) in [6, 6.07) is 9.84. The van der Waals surface area contributed by atoms with Gasteiger partial charge in [0.15, 0.2) is 10.1 Å². The van der Waals surface area contributed by atoms with Crippen LogP contribution in [0, 0.1) is 10.1 Å². The van der Waals surface area contributed by atoms with Crippen LogP contribution in [-0.2, 0) is 0 Å². The first kappa shape index (κ1) is 18.2. The van der Waals surface area contributed by atoms with E-state index in [4.69, 9.17) is 0 Å². The van der Waals surface area contributed by atoms with Crippen LogP contribution in [-0.4, -0.2) is 28.1 Å². The number of nitro benzene ring substituents is 1. The van der Waals surface area contributed by atoms with Gasteiger partial charge in [0.1, 0.15) is 5.75 Å². The van der Waals surface area contributed by atoms with Crippen molar-refractivity contribution >= 4 is 44.8 Å². The number of hydrogen-bond donors (Lipinski definition) is 0. The number of aromatic nitrogens is 1. The smallest absolute Gasteiger partial charge is 0.387 e. The molecule has 0 saturated carbocycles. The van der Waals surface area contributed by atoms with Crippen LogP contribution in [0.25, 0.3) is 10.2 Å². The summed E-state index contributed by atoms with van der Waals surface area (Å²) in [6.07, 6.45) is 0. The van der Waals surface area contributed by atoms with Gasteiger partial charge < -0.3 is 4.74 Å². The van der Waals surface area contributed by atoms with Crippen LogP contribution < -0.4 is 4.74 Å². The number of rotatable bonds is 7. The maximum atomic E-state index is 12.2. The van der Waals surface area contributed by atoms with Gasteiger partial charge in [-0.3, -0.25) is 14.9 Å². The lowest BCUT2D eigenvalue weighted by Crippen LogP contribution is -2.04. The summed E-state index contributed by atoms with van der Waals surface area (Å²) in [5.41, 5.74) is 0.986. The number of Topliss-reactive ketones (excluding diaryl/α,β-unsaturated/α-hetero) is 1. The molecule has 0 bridgehead atoms. The Morgan fingerprint density at radius 2 is 2.00 bits per heavy atom. The van der Waals surface area contributed by atoms with Gasteiger partial charge in [0.05, 0.1) is 20.9 Å². The summed E-state index contributed by atoms with van der Waals surface area (Å²) in [6.45, 7) is -2.91. The van der Waals surface area contributed by atoms with E-state index in [9.17, 15) is 23.7 Å². The number of non-ortho nitro benzene ring substituents is 1. The van der Waals surface area contributed by atoms with E-state index in [0.29, 0.717) is 20.1 Å². The van der Waals surface area contributed by atoms with E-state index in [1.165, 1.54) is 59.5 Å². The maximum absolute atomic E-state index is 12.2. The molecule has 0 saturated heterocycles. The Kier molecular flexibility index (Phi) is 5.43. The molecular formula is C16H10F2N2O4S2. The molecule has 0 radical (unpaired) electrons. The summed E-state index contributed by atoms with van der Waals surface area (Å²) < 4.78 is 29.7. The molecule has 0 fully saturated rings. The molecule has 3 aromatic rings. The zero-order chi connectivity index (χ0) is 18.7. The number of carbonyl (C=O) groups is 1. The van der Waals surface area contributed by atoms with E-state index < -0.39 is 11.5 Å². The summed E-state index contributed by atoms with van der Waals surface area (Å²) in [5.74, 6) is -0.0995. The molecule has 1 heterocycles. The van der Waals surface area contributed by atoms with Crippen LogP contribution in [0.15, 0.2) is 46.8 Å². The van der Waals surface area contributed by atoms with Crippen molar-refractivity contribution in [1.82, 2.24) is 4.98 Å². The fourth-order valence-corrected chi connectivity index (χ4v) is 4.10. The van der Waals surface area contributed by atoms with Gasteiger partial charge in [-0.2, -0.15) is 8.78 Å². The highest BCUT2D eigenvalue weighted by atomic mass is 32.2. The fourth-order valence-electron chi connectivity index (χ4n) is 2.10. The van der Waals surface area contributed by atoms with E-state index in [0.717, 1.165) is 0 Å². The molecule has 1 aromatic heterocycles. The number of ether oxygens (including phenoxy) is 1. The molecule has 0 amide bonds. The lowest BCUT2D eigenvalue weighted by Gasteiger charge is -2.05. The number of thiazole rings is 1. The number of benzene rings is 2. The van der Waals surface area contributed by atoms with Crippen molar-refractivity contribution in [3.63, 3.8) is 0 Å². The second-order valence-corrected chi connectivity index (χ2v) is 7.26. The normalized spacial score (nSPS) is 11.0. The van der Waals surface area contributed by atoms with Crippen LogP contribution in [0.4, 0.5) is 14.5 Å². The lowest BCUT2D eigenvalue weighted by atomic mass is 10.1. The molecule has 0 N–H and O–H groups in total. The number of carbonyl (C=O) groups excluding carboxylic acids is 1. The minimum atomic E-state index is -2.91. The zero-order valence-corrected chi connectivity index (χ0v) is 14.6. The van der Waals surface area contributed by atoms with Crippen LogP contribution in [0.3, 0.4) is 0 Å². The highest BCUT2D eigenvalue weighted by Gasteiger charge is 2.13. The quantitative estimate of drug-likeness (QED) is 0.247. The summed E-state index contributed by atoms with van der Waals surface area (Å²) >= 11 is 2.48. The average molecular weight is 396 g/mol. The van der Waals surface area contributed by atoms with Crippen LogP contribution in [0.1, 0.15) is 10.4 Å². The minimum Gasteiger partial charge on any atom is -0.435 e. The molecule has 10 heteroatoms. The first-order valence-corrected chi connectivity index (χ1v) is 8.98. The van der Waals surface area contributed by atoms with Crippen LogP contribution in [0.5, 0.6) is 5.75 Å². The van der Waals surface area contributed by atoms with Gasteiger partial charge in [-0.05, 0) is 30.3 Å². The van der Waals surface area contributed by atoms with Gasteiger partial charge in [0.25, 0.3) is 5.69 Å². The van der Waals surface area contributed by atoms with E-state index in [1.807, 2.05) is 0 Å². The highest BCUT2D eigenvalue weighted by molar-refractivity contribution is 8.01. The lowest BCUT2D eigenvalue weighted by molar-refractivity contribution is -0.384. The van der Waals surface area contributed by atoms with Gasteiger partial charge in [-0.25, -0.2) is 4.98 Å². The number of ketones is 1. The third-order valence-electron chi connectivity index (χ3n) is 3.29. The number of thioether (sulfide) groups is 1. The number of nitrogens with zero attached hydrogens (tertiary/aromatic N) is 2. The zero-order valence-electron chi connectivity index (χ0n) is 12.9. The molecule has 0 atom stereocenters. The second kappa shape index (κ2) is 7.75. The summed E-state index contributed by atoms with van der Waals surface area (Å²) in [4.78, 5) is 26.8. The molecule has 0 aliphatic rings. The van der Waals surface area contributed by atoms with Crippen molar-refractivity contribution in [3.05, 3.63) is 58.1 Å². The van der Waals surface area contributed by atoms with Crippen molar-refractivity contribution in [3.8, 4) is 5.75 Å². The Morgan fingerprint density at radius 1 is 1.27 bits per heavy atom. The maximum Gasteiger partial charge on any atom is 0.387 e. The summed E-state index contributed by atoms with van der Waals surface area (Å²) in [5, 5.41) is 10.8. The molecule has 0 aliphatic heterocycles. The Labute approximate surface area is 154 Å². The molecule has 6 nitrogen and oxygen atoms in total. The van der Waals surface area contributed by atoms with Gasteiger partial charge >= 0.3 is 6.61 Å². The molecular weight excluding hydrogens is 386 g/mol. The van der Waals surface area contributed by atoms with Crippen molar-refractivity contribution in [2.75, 3.05) is 5.75 Å². The molecule has 2 aromatic carbocycles. The number of hydrogen-bond acceptors (Lipinski definition) is 7. The van der Waals surface area contributed by atoms with Gasteiger partial charge in [-0.1, -0.05) is 11.8 Å². The molecule has 0 unspecified atom stereocenters. The number of nitro groups is 1. The van der Waals surface area contributed by atoms with Crippen molar-refractivity contribution in [2.24, 2.45) is 0 Å². The molecule has 134 valence electrons. The first-order chi connectivity index (χ1) is 12.4. The molecule has 0 aliphatic carbocycles. The van der Waals surface area contributed by atoms with Crippen LogP contribution in [0.2, 0.25) is 0 Å². The number of alkyl halides is 2. The van der Waals surface area contributed by atoms with Gasteiger partial charge in [-0.15, -0.1) is 11.3 Å². The Bertz CT molecular complexity index is 961. The van der Waals surface area contributed by atoms with Crippen molar-refractivity contribution in [1.29, 1.82) is 0 Å². The standard InChI is InChI=1S/C16H10F2N2O4S2/c17-15(18)24-11-4-1-9(2-5-11)13(21)8-25-16-19-12-6-3-10(20(22)23)7-14(12)26-16/h1-7,15H,8H2. The average Bonchev–Trinajstić information content (AvgIpc) is 3.01. The Hall–Kier alpha value is -2.59. The molecule has 26 heavy (non-hydrogen) atoms. The summed E-state index contributed by atoms with van der Waals surface area (Å²) in [7, 11) is 0. The Balaban J connectivity index is 1.65. The fraction of sp³-hybridized carbons (Fsp3) is 0.125. The van der Waals surface area contributed by atoms with Gasteiger partial charge in [0.2, 0.25) is 0 Å². The first-order valence-electron chi connectivity index (χ1n) is 7.18. The molecule has 3 rings (SSSR count). The predicted octanol–water partition coefficient (Wildman–Crippen LogP) is 4.78. The monoisotopic (exact) mass is 396 g/mol. The molecule has 0 spiro atoms. The number of fused-ring (bicyclic) bond motifs is 1. The third-order valence-corrected chi connectivity index (χ3v) is 5.45. The minimum absolute atomic E-state index is 0.0140. The van der Waals surface area contributed by atoms with E-state index in [-0.39, 0.29) is 23.0 Å². The largest absolute Gasteiger partial charge is 0.435 e. The third kappa shape index (κ3) is 4.33. The SMILES string of the molecule is O=C(CSc1nc2ccc([N+](=O)[O-])cc2s1)c1ccc(OC(F)F)cc1.